The summed E-state index contributed by atoms with van der Waals surface area (Å²) in [5, 5.41) is 3.11. The molecule has 19 heavy (non-hydrogen) atoms. The van der Waals surface area contributed by atoms with Crippen molar-refractivity contribution >= 4 is 0 Å². The van der Waals surface area contributed by atoms with E-state index in [4.69, 9.17) is 0 Å². The van der Waals surface area contributed by atoms with Crippen LogP contribution in [0.4, 0.5) is 8.78 Å². The summed E-state index contributed by atoms with van der Waals surface area (Å²) < 4.78 is 28.4. The number of hydrogen-bond acceptors (Lipinski definition) is 3. The lowest BCUT2D eigenvalue weighted by Crippen LogP contribution is -2.25. The number of halogens is 2. The molecule has 0 saturated heterocycles. The quantitative estimate of drug-likeness (QED) is 0.736. The van der Waals surface area contributed by atoms with Crippen molar-refractivity contribution in [1.82, 2.24) is 10.2 Å². The highest BCUT2D eigenvalue weighted by Gasteiger charge is 2.11. The summed E-state index contributed by atoms with van der Waals surface area (Å²) in [5.41, 5.74) is 1.09. The third-order valence-electron chi connectivity index (χ3n) is 3.19. The van der Waals surface area contributed by atoms with Gasteiger partial charge < -0.3 is 10.1 Å². The van der Waals surface area contributed by atoms with E-state index < -0.39 is 6.61 Å². The molecule has 0 aromatic heterocycles. The average Bonchev–Trinajstić information content (AvgIpc) is 2.38. The summed E-state index contributed by atoms with van der Waals surface area (Å²) in [6, 6.07) is 7.07. The molecular weight excluding hydrogens is 250 g/mol. The molecule has 0 amide bonds. The highest BCUT2D eigenvalue weighted by molar-refractivity contribution is 5.28. The van der Waals surface area contributed by atoms with E-state index in [0.29, 0.717) is 0 Å². The molecule has 3 nitrogen and oxygen atoms in total. The van der Waals surface area contributed by atoms with Crippen LogP contribution in [0.25, 0.3) is 0 Å². The number of hydrogen-bond donors (Lipinski definition) is 1. The Hall–Kier alpha value is -1.20. The first kappa shape index (κ1) is 15.9. The van der Waals surface area contributed by atoms with Gasteiger partial charge in [-0.05, 0) is 58.2 Å². The number of benzene rings is 1. The number of nitrogens with one attached hydrogen (secondary N) is 1. The molecule has 108 valence electrons. The van der Waals surface area contributed by atoms with Crippen molar-refractivity contribution in [3.05, 3.63) is 29.8 Å². The Bertz CT molecular complexity index is 357. The molecule has 1 aromatic carbocycles. The summed E-state index contributed by atoms with van der Waals surface area (Å²) in [7, 11) is 4.00. The number of alkyl halides is 2. The van der Waals surface area contributed by atoms with E-state index in [-0.39, 0.29) is 11.8 Å². The molecular formula is C14H22F2N2O. The van der Waals surface area contributed by atoms with Gasteiger partial charge in [-0.25, -0.2) is 0 Å². The molecule has 1 aromatic rings. The Labute approximate surface area is 113 Å². The summed E-state index contributed by atoms with van der Waals surface area (Å²) >= 11 is 0. The molecule has 1 rings (SSSR count). The smallest absolute Gasteiger partial charge is 0.387 e. The first-order valence-corrected chi connectivity index (χ1v) is 6.44. The van der Waals surface area contributed by atoms with Crippen molar-refractivity contribution in [2.24, 2.45) is 0 Å². The minimum absolute atomic E-state index is 0.198. The third kappa shape index (κ3) is 5.53. The van der Waals surface area contributed by atoms with E-state index in [1.807, 2.05) is 19.2 Å². The van der Waals surface area contributed by atoms with Gasteiger partial charge in [0, 0.05) is 6.04 Å². The first-order chi connectivity index (χ1) is 9.04. The van der Waals surface area contributed by atoms with E-state index in [1.54, 1.807) is 12.1 Å². The molecule has 0 saturated carbocycles. The standard InChI is InChI=1S/C14H22F2N2O/c1-11(18(3)10-4-9-17-2)12-5-7-13(8-6-12)19-14(15)16/h5-8,11,14,17H,4,9-10H2,1-3H3. The zero-order valence-electron chi connectivity index (χ0n) is 11.7. The summed E-state index contributed by atoms with van der Waals surface area (Å²) in [5.74, 6) is 0.198. The van der Waals surface area contributed by atoms with Crippen LogP contribution in [0.15, 0.2) is 24.3 Å². The van der Waals surface area contributed by atoms with Crippen LogP contribution >= 0.6 is 0 Å². The second-order valence-corrected chi connectivity index (χ2v) is 4.56. The molecule has 0 spiro atoms. The van der Waals surface area contributed by atoms with Crippen molar-refractivity contribution in [3.63, 3.8) is 0 Å². The van der Waals surface area contributed by atoms with Crippen LogP contribution < -0.4 is 10.1 Å². The van der Waals surface area contributed by atoms with Gasteiger partial charge in [0.25, 0.3) is 0 Å². The molecule has 0 aliphatic rings. The molecule has 0 aliphatic heterocycles. The van der Waals surface area contributed by atoms with Crippen molar-refractivity contribution in [2.45, 2.75) is 26.0 Å². The van der Waals surface area contributed by atoms with Gasteiger partial charge in [0.05, 0.1) is 0 Å². The fourth-order valence-corrected chi connectivity index (χ4v) is 1.88. The molecule has 0 heterocycles. The van der Waals surface area contributed by atoms with E-state index in [9.17, 15) is 8.78 Å². The van der Waals surface area contributed by atoms with Gasteiger partial charge in [-0.1, -0.05) is 12.1 Å². The number of ether oxygens (including phenoxy) is 1. The van der Waals surface area contributed by atoms with E-state index in [2.05, 4.69) is 28.9 Å². The Morgan fingerprint density at radius 1 is 1.26 bits per heavy atom. The second kappa shape index (κ2) is 8.07. The molecule has 0 fully saturated rings. The number of rotatable bonds is 8. The van der Waals surface area contributed by atoms with Crippen LogP contribution in [0.5, 0.6) is 5.75 Å². The van der Waals surface area contributed by atoms with E-state index in [1.165, 1.54) is 0 Å². The zero-order chi connectivity index (χ0) is 14.3. The Morgan fingerprint density at radius 3 is 2.42 bits per heavy atom. The van der Waals surface area contributed by atoms with Crippen molar-refractivity contribution in [1.29, 1.82) is 0 Å². The summed E-state index contributed by atoms with van der Waals surface area (Å²) in [6.45, 7) is 1.30. The van der Waals surface area contributed by atoms with Gasteiger partial charge in [-0.2, -0.15) is 8.78 Å². The Morgan fingerprint density at radius 2 is 1.89 bits per heavy atom. The third-order valence-corrected chi connectivity index (χ3v) is 3.19. The Balaban J connectivity index is 2.54. The molecule has 5 heteroatoms. The van der Waals surface area contributed by atoms with Crippen LogP contribution in [0, 0.1) is 0 Å². The second-order valence-electron chi connectivity index (χ2n) is 4.56. The number of nitrogens with zero attached hydrogens (tertiary/aromatic N) is 1. The lowest BCUT2D eigenvalue weighted by Gasteiger charge is -2.25. The van der Waals surface area contributed by atoms with Crippen LogP contribution in [-0.2, 0) is 0 Å². The predicted octanol–water partition coefficient (Wildman–Crippen LogP) is 2.89. The normalized spacial score (nSPS) is 13.0. The summed E-state index contributed by atoms with van der Waals surface area (Å²) in [4.78, 5) is 2.24. The van der Waals surface area contributed by atoms with Crippen LogP contribution in [-0.4, -0.2) is 38.7 Å². The van der Waals surface area contributed by atoms with E-state index in [0.717, 1.165) is 25.1 Å². The van der Waals surface area contributed by atoms with Crippen LogP contribution in [0.3, 0.4) is 0 Å². The molecule has 1 atom stereocenters. The zero-order valence-corrected chi connectivity index (χ0v) is 11.7. The fraction of sp³-hybridized carbons (Fsp3) is 0.571. The monoisotopic (exact) mass is 272 g/mol. The van der Waals surface area contributed by atoms with Gasteiger partial charge in [-0.3, -0.25) is 4.90 Å². The maximum atomic E-state index is 12.0. The average molecular weight is 272 g/mol. The molecule has 1 unspecified atom stereocenters. The van der Waals surface area contributed by atoms with Crippen molar-refractivity contribution in [2.75, 3.05) is 27.2 Å². The van der Waals surface area contributed by atoms with E-state index >= 15 is 0 Å². The molecule has 0 bridgehead atoms. The maximum Gasteiger partial charge on any atom is 0.387 e. The largest absolute Gasteiger partial charge is 0.435 e. The molecule has 1 N–H and O–H groups in total. The SMILES string of the molecule is CNCCCN(C)C(C)c1ccc(OC(F)F)cc1. The van der Waals surface area contributed by atoms with Crippen molar-refractivity contribution < 1.29 is 13.5 Å². The fourth-order valence-electron chi connectivity index (χ4n) is 1.88. The minimum Gasteiger partial charge on any atom is -0.435 e. The molecule has 0 aliphatic carbocycles. The first-order valence-electron chi connectivity index (χ1n) is 6.44. The van der Waals surface area contributed by atoms with Crippen molar-refractivity contribution in [3.8, 4) is 5.75 Å². The molecule has 0 radical (unpaired) electrons. The van der Waals surface area contributed by atoms with Gasteiger partial charge in [0.15, 0.2) is 0 Å². The minimum atomic E-state index is -2.77. The predicted molar refractivity (Wildman–Crippen MR) is 72.7 cm³/mol. The topological polar surface area (TPSA) is 24.5 Å². The van der Waals surface area contributed by atoms with Gasteiger partial charge in [-0.15, -0.1) is 0 Å². The van der Waals surface area contributed by atoms with Crippen LogP contribution in [0.1, 0.15) is 24.9 Å². The van der Waals surface area contributed by atoms with Gasteiger partial charge in [0.1, 0.15) is 5.75 Å². The summed E-state index contributed by atoms with van der Waals surface area (Å²) in [6.07, 6.45) is 1.07. The van der Waals surface area contributed by atoms with Crippen LogP contribution in [0.2, 0.25) is 0 Å². The highest BCUT2D eigenvalue weighted by atomic mass is 19.3. The lowest BCUT2D eigenvalue weighted by atomic mass is 10.1. The maximum absolute atomic E-state index is 12.0. The highest BCUT2D eigenvalue weighted by Crippen LogP contribution is 2.22. The lowest BCUT2D eigenvalue weighted by molar-refractivity contribution is -0.0498. The van der Waals surface area contributed by atoms with Gasteiger partial charge >= 0.3 is 6.61 Å². The Kier molecular flexibility index (Phi) is 6.73. The van der Waals surface area contributed by atoms with Gasteiger partial charge in [0.2, 0.25) is 0 Å².